The van der Waals surface area contributed by atoms with Gasteiger partial charge in [0, 0.05) is 21.1 Å². The summed E-state index contributed by atoms with van der Waals surface area (Å²) < 4.78 is 13.3. The van der Waals surface area contributed by atoms with Gasteiger partial charge in [-0.3, -0.25) is 9.59 Å². The summed E-state index contributed by atoms with van der Waals surface area (Å²) in [6.07, 6.45) is 1.47. The minimum Gasteiger partial charge on any atom is -0.481 e. The van der Waals surface area contributed by atoms with E-state index in [1.165, 1.54) is 10.9 Å². The highest BCUT2D eigenvalue weighted by Crippen LogP contribution is 2.34. The highest BCUT2D eigenvalue weighted by atomic mass is 79.9. The third kappa shape index (κ3) is 6.30. The Morgan fingerprint density at radius 2 is 1.77 bits per heavy atom. The van der Waals surface area contributed by atoms with E-state index in [9.17, 15) is 9.59 Å². The molecule has 2 heterocycles. The SMILES string of the molecule is O=C(COc1c(Cl)cc(C=Nn2c(-c3cc4cc(Cl)ccc4o3)nc3ccccc3c2=O)cc1Br)Nc1ccc(Cl)cc1. The Kier molecular flexibility index (Phi) is 8.23. The summed E-state index contributed by atoms with van der Waals surface area (Å²) in [5.74, 6) is 0.455. The van der Waals surface area contributed by atoms with Crippen molar-refractivity contribution in [2.24, 2.45) is 5.10 Å². The monoisotopic (exact) mass is 694 g/mol. The number of carbonyl (C=O) groups is 1. The average Bonchev–Trinajstić information content (AvgIpc) is 3.40. The molecule has 0 atom stereocenters. The van der Waals surface area contributed by atoms with Crippen molar-refractivity contribution >= 4 is 90.4 Å². The summed E-state index contributed by atoms with van der Waals surface area (Å²) in [7, 11) is 0. The van der Waals surface area contributed by atoms with Crippen molar-refractivity contribution in [1.29, 1.82) is 0 Å². The maximum Gasteiger partial charge on any atom is 0.282 e. The molecule has 6 rings (SSSR count). The van der Waals surface area contributed by atoms with E-state index in [0.717, 1.165) is 5.39 Å². The largest absolute Gasteiger partial charge is 0.481 e. The van der Waals surface area contributed by atoms with Gasteiger partial charge in [0.2, 0.25) is 5.82 Å². The Bertz CT molecular complexity index is 2090. The summed E-state index contributed by atoms with van der Waals surface area (Å²) >= 11 is 22.0. The van der Waals surface area contributed by atoms with E-state index in [1.807, 2.05) is 0 Å². The molecule has 8 nitrogen and oxygen atoms in total. The number of para-hydroxylation sites is 1. The van der Waals surface area contributed by atoms with E-state index in [-0.39, 0.29) is 34.7 Å². The molecule has 1 amide bonds. The van der Waals surface area contributed by atoms with Gasteiger partial charge in [0.15, 0.2) is 18.1 Å². The molecule has 0 saturated carbocycles. The normalized spacial score (nSPS) is 11.4. The zero-order valence-electron chi connectivity index (χ0n) is 21.9. The lowest BCUT2D eigenvalue weighted by Crippen LogP contribution is -2.20. The fourth-order valence-corrected chi connectivity index (χ4v) is 5.59. The second-order valence-corrected chi connectivity index (χ2v) is 11.4. The highest BCUT2D eigenvalue weighted by molar-refractivity contribution is 9.10. The molecule has 43 heavy (non-hydrogen) atoms. The predicted molar refractivity (Wildman–Crippen MR) is 174 cm³/mol. The van der Waals surface area contributed by atoms with Gasteiger partial charge < -0.3 is 14.5 Å². The Morgan fingerprint density at radius 1 is 1.00 bits per heavy atom. The summed E-state index contributed by atoms with van der Waals surface area (Å²) in [5.41, 5.74) is 1.84. The third-order valence-electron chi connectivity index (χ3n) is 6.27. The molecule has 4 aromatic carbocycles. The lowest BCUT2D eigenvalue weighted by Gasteiger charge is -2.11. The van der Waals surface area contributed by atoms with Crippen molar-refractivity contribution in [3.63, 3.8) is 0 Å². The second kappa shape index (κ2) is 12.2. The summed E-state index contributed by atoms with van der Waals surface area (Å²) in [5, 5.41) is 9.68. The van der Waals surface area contributed by atoms with Crippen LogP contribution in [-0.2, 0) is 4.79 Å². The number of nitrogens with zero attached hydrogens (tertiary/aromatic N) is 3. The van der Waals surface area contributed by atoms with Crippen LogP contribution in [0.15, 0.2) is 104 Å². The van der Waals surface area contributed by atoms with Crippen LogP contribution in [0.5, 0.6) is 5.75 Å². The number of carbonyl (C=O) groups excluding carboxylic acids is 1. The number of ether oxygens (including phenoxy) is 1. The van der Waals surface area contributed by atoms with Crippen LogP contribution in [0, 0.1) is 0 Å². The van der Waals surface area contributed by atoms with E-state index in [0.29, 0.717) is 48.0 Å². The number of nitrogens with one attached hydrogen (secondary N) is 1. The quantitative estimate of drug-likeness (QED) is 0.169. The van der Waals surface area contributed by atoms with Gasteiger partial charge in [0.05, 0.1) is 26.6 Å². The van der Waals surface area contributed by atoms with Gasteiger partial charge in [-0.1, -0.05) is 46.9 Å². The number of rotatable bonds is 7. The lowest BCUT2D eigenvalue weighted by molar-refractivity contribution is -0.118. The third-order valence-corrected chi connectivity index (χ3v) is 7.63. The van der Waals surface area contributed by atoms with Crippen molar-refractivity contribution in [2.75, 3.05) is 11.9 Å². The van der Waals surface area contributed by atoms with E-state index >= 15 is 0 Å². The minimum atomic E-state index is -0.382. The first-order chi connectivity index (χ1) is 20.7. The molecular formula is C31H18BrCl3N4O4. The van der Waals surface area contributed by atoms with Gasteiger partial charge >= 0.3 is 0 Å². The molecule has 0 fully saturated rings. The molecule has 0 aliphatic carbocycles. The molecule has 214 valence electrons. The van der Waals surface area contributed by atoms with Crippen molar-refractivity contribution in [3.8, 4) is 17.3 Å². The fourth-order valence-electron chi connectivity index (χ4n) is 4.30. The van der Waals surface area contributed by atoms with Gasteiger partial charge in [-0.2, -0.15) is 9.78 Å². The number of halogens is 4. The molecule has 0 spiro atoms. The molecular weight excluding hydrogens is 679 g/mol. The topological polar surface area (TPSA) is 98.7 Å². The van der Waals surface area contributed by atoms with Crippen LogP contribution < -0.4 is 15.6 Å². The number of fused-ring (bicyclic) bond motifs is 2. The minimum absolute atomic E-state index is 0.212. The van der Waals surface area contributed by atoms with Gasteiger partial charge in [-0.25, -0.2) is 4.98 Å². The smallest absolute Gasteiger partial charge is 0.282 e. The van der Waals surface area contributed by atoms with Gasteiger partial charge in [0.25, 0.3) is 11.5 Å². The Labute approximate surface area is 267 Å². The van der Waals surface area contributed by atoms with Crippen LogP contribution in [0.25, 0.3) is 33.5 Å². The van der Waals surface area contributed by atoms with E-state index < -0.39 is 0 Å². The highest BCUT2D eigenvalue weighted by Gasteiger charge is 2.17. The first-order valence-corrected chi connectivity index (χ1v) is 14.6. The number of anilines is 1. The van der Waals surface area contributed by atoms with Crippen molar-refractivity contribution in [1.82, 2.24) is 9.66 Å². The number of hydrogen-bond donors (Lipinski definition) is 1. The van der Waals surface area contributed by atoms with Crippen LogP contribution in [0.4, 0.5) is 5.69 Å². The molecule has 0 unspecified atom stereocenters. The second-order valence-electron chi connectivity index (χ2n) is 9.26. The van der Waals surface area contributed by atoms with Crippen LogP contribution in [0.2, 0.25) is 15.1 Å². The lowest BCUT2D eigenvalue weighted by atomic mass is 10.2. The number of hydrogen-bond acceptors (Lipinski definition) is 6. The average molecular weight is 697 g/mol. The summed E-state index contributed by atoms with van der Waals surface area (Å²) in [6.45, 7) is -0.279. The zero-order chi connectivity index (χ0) is 30.1. The Morgan fingerprint density at radius 3 is 2.56 bits per heavy atom. The van der Waals surface area contributed by atoms with E-state index in [2.05, 4.69) is 31.3 Å². The maximum atomic E-state index is 13.5. The number of benzene rings is 4. The zero-order valence-corrected chi connectivity index (χ0v) is 25.7. The first kappa shape index (κ1) is 28.9. The van der Waals surface area contributed by atoms with Crippen molar-refractivity contribution < 1.29 is 13.9 Å². The first-order valence-electron chi connectivity index (χ1n) is 12.7. The van der Waals surface area contributed by atoms with Crippen LogP contribution >= 0.6 is 50.7 Å². The van der Waals surface area contributed by atoms with Gasteiger partial charge in [0.1, 0.15) is 5.58 Å². The molecule has 0 aliphatic rings. The molecule has 0 aliphatic heterocycles. The summed E-state index contributed by atoms with van der Waals surface area (Å²) in [4.78, 5) is 30.6. The molecule has 6 aromatic rings. The standard InChI is InChI=1S/C31H18BrCl3N4O4/c32-23-11-17(12-24(35)29(23)42-16-28(40)37-21-8-5-19(33)6-9-21)15-36-39-30(38-25-4-2-1-3-22(25)31(39)41)27-14-18-13-20(34)7-10-26(18)43-27/h1-15H,16H2,(H,37,40). The molecule has 12 heteroatoms. The van der Waals surface area contributed by atoms with Gasteiger partial charge in [-0.15, -0.1) is 0 Å². The van der Waals surface area contributed by atoms with Crippen LogP contribution in [0.1, 0.15) is 5.56 Å². The fraction of sp³-hybridized carbons (Fsp3) is 0.0323. The number of amides is 1. The summed E-state index contributed by atoms with van der Waals surface area (Å²) in [6, 6.07) is 24.0. The number of aromatic nitrogens is 2. The molecule has 1 N–H and O–H groups in total. The predicted octanol–water partition coefficient (Wildman–Crippen LogP) is 8.43. The van der Waals surface area contributed by atoms with Crippen molar-refractivity contribution in [2.45, 2.75) is 0 Å². The molecule has 0 bridgehead atoms. The molecule has 0 saturated heterocycles. The number of furan rings is 1. The Balaban J connectivity index is 1.29. The van der Waals surface area contributed by atoms with Gasteiger partial charge in [-0.05, 0) is 94.3 Å². The van der Waals surface area contributed by atoms with E-state index in [1.54, 1.807) is 84.9 Å². The van der Waals surface area contributed by atoms with E-state index in [4.69, 9.17) is 44.0 Å². The van der Waals surface area contributed by atoms with Crippen molar-refractivity contribution in [3.05, 3.63) is 120 Å². The van der Waals surface area contributed by atoms with Crippen LogP contribution in [0.3, 0.4) is 0 Å². The maximum absolute atomic E-state index is 13.5. The Hall–Kier alpha value is -4.15. The van der Waals surface area contributed by atoms with Crippen LogP contribution in [-0.4, -0.2) is 28.4 Å². The molecule has 2 aromatic heterocycles. The molecule has 0 radical (unpaired) electrons.